The third-order valence-electron chi connectivity index (χ3n) is 4.99. The lowest BCUT2D eigenvalue weighted by molar-refractivity contribution is -0.119. The third-order valence-corrected chi connectivity index (χ3v) is 9.56. The second kappa shape index (κ2) is 5.25. The Hall–Kier alpha value is -0.483. The van der Waals surface area contributed by atoms with Crippen LogP contribution in [0.5, 0.6) is 0 Å². The fourth-order valence-electron chi connectivity index (χ4n) is 2.34. The molecule has 18 heavy (non-hydrogen) atoms. The SMILES string of the molecule is CC(C)C(C)(C)[Si](C)(C)O[C@H]1CC(=O)C[C@@H]1C=O. The molecule has 3 nitrogen and oxygen atoms in total. The number of Topliss-reactive ketones (excluding diaryl/α,β-unsaturated/α-hetero) is 1. The molecule has 2 atom stereocenters. The Morgan fingerprint density at radius 2 is 1.89 bits per heavy atom. The molecule has 0 amide bonds. The molecule has 0 spiro atoms. The van der Waals surface area contributed by atoms with Gasteiger partial charge in [0, 0.05) is 18.8 Å². The number of hydrogen-bond donors (Lipinski definition) is 0. The highest BCUT2D eigenvalue weighted by Gasteiger charge is 2.47. The summed E-state index contributed by atoms with van der Waals surface area (Å²) in [5.74, 6) is 0.447. The summed E-state index contributed by atoms with van der Waals surface area (Å²) < 4.78 is 6.29. The van der Waals surface area contributed by atoms with Crippen LogP contribution in [0.1, 0.15) is 40.5 Å². The maximum atomic E-state index is 11.5. The Bertz CT molecular complexity index is 334. The molecular weight excluding hydrogens is 244 g/mol. The molecule has 1 rings (SSSR count). The molecule has 0 aromatic carbocycles. The fraction of sp³-hybridized carbons (Fsp3) is 0.857. The Labute approximate surface area is 111 Å². The molecular formula is C14H26O3Si. The predicted octanol–water partition coefficient (Wildman–Crippen LogP) is 3.19. The first kappa shape index (κ1) is 15.6. The highest BCUT2D eigenvalue weighted by atomic mass is 28.4. The molecule has 104 valence electrons. The number of hydrogen-bond acceptors (Lipinski definition) is 3. The van der Waals surface area contributed by atoms with E-state index in [4.69, 9.17) is 4.43 Å². The molecule has 4 heteroatoms. The van der Waals surface area contributed by atoms with Crippen LogP contribution < -0.4 is 0 Å². The van der Waals surface area contributed by atoms with Crippen LogP contribution in [0.2, 0.25) is 18.1 Å². The predicted molar refractivity (Wildman–Crippen MR) is 75.0 cm³/mol. The quantitative estimate of drug-likeness (QED) is 0.569. The zero-order chi connectivity index (χ0) is 14.1. The van der Waals surface area contributed by atoms with Gasteiger partial charge < -0.3 is 9.22 Å². The van der Waals surface area contributed by atoms with Gasteiger partial charge >= 0.3 is 0 Å². The molecule has 0 aromatic rings. The summed E-state index contributed by atoms with van der Waals surface area (Å²) in [5.41, 5.74) is 0. The van der Waals surface area contributed by atoms with E-state index >= 15 is 0 Å². The van der Waals surface area contributed by atoms with Crippen LogP contribution in [0.3, 0.4) is 0 Å². The van der Waals surface area contributed by atoms with E-state index in [0.717, 1.165) is 6.29 Å². The third kappa shape index (κ3) is 2.91. The Kier molecular flexibility index (Phi) is 4.54. The van der Waals surface area contributed by atoms with Crippen LogP contribution in [0.25, 0.3) is 0 Å². The number of rotatable bonds is 5. The number of ketones is 1. The van der Waals surface area contributed by atoms with Crippen molar-refractivity contribution in [3.05, 3.63) is 0 Å². The summed E-state index contributed by atoms with van der Waals surface area (Å²) in [6.45, 7) is 13.3. The minimum absolute atomic E-state index is 0.117. The van der Waals surface area contributed by atoms with Crippen LogP contribution >= 0.6 is 0 Å². The van der Waals surface area contributed by atoms with E-state index in [1.165, 1.54) is 0 Å². The lowest BCUT2D eigenvalue weighted by Crippen LogP contribution is -2.48. The molecule has 0 aromatic heterocycles. The van der Waals surface area contributed by atoms with Gasteiger partial charge in [-0.15, -0.1) is 0 Å². The second-order valence-electron chi connectivity index (χ2n) is 6.79. The molecule has 1 saturated carbocycles. The van der Waals surface area contributed by atoms with Crippen molar-refractivity contribution in [3.8, 4) is 0 Å². The van der Waals surface area contributed by atoms with E-state index in [1.54, 1.807) is 0 Å². The highest BCUT2D eigenvalue weighted by molar-refractivity contribution is 6.74. The average molecular weight is 270 g/mol. The molecule has 0 heterocycles. The first-order valence-corrected chi connectivity index (χ1v) is 9.67. The van der Waals surface area contributed by atoms with Crippen molar-refractivity contribution in [3.63, 3.8) is 0 Å². The van der Waals surface area contributed by atoms with Gasteiger partial charge in [0.2, 0.25) is 0 Å². The maximum Gasteiger partial charge on any atom is 0.192 e. The topological polar surface area (TPSA) is 43.4 Å². The van der Waals surface area contributed by atoms with Gasteiger partial charge in [0.1, 0.15) is 12.1 Å². The normalized spacial score (nSPS) is 25.8. The first-order valence-electron chi connectivity index (χ1n) is 6.76. The summed E-state index contributed by atoms with van der Waals surface area (Å²) in [6, 6.07) is 0. The van der Waals surface area contributed by atoms with Crippen molar-refractivity contribution in [2.75, 3.05) is 0 Å². The van der Waals surface area contributed by atoms with Crippen LogP contribution in [0.15, 0.2) is 0 Å². The molecule has 0 saturated heterocycles. The summed E-state index contributed by atoms with van der Waals surface area (Å²) >= 11 is 0. The molecule has 1 fully saturated rings. The van der Waals surface area contributed by atoms with Crippen LogP contribution in [0.4, 0.5) is 0 Å². The number of aldehydes is 1. The fourth-order valence-corrected chi connectivity index (χ4v) is 5.05. The lowest BCUT2D eigenvalue weighted by atomic mass is 9.99. The monoisotopic (exact) mass is 270 g/mol. The standard InChI is InChI=1S/C14H26O3Si/c1-10(2)14(3,4)18(5,6)17-13-8-12(16)7-11(13)9-15/h9-11,13H,7-8H2,1-6H3/t11-,13+/m1/s1. The van der Waals surface area contributed by atoms with Crippen molar-refractivity contribution in [1.82, 2.24) is 0 Å². The number of carbonyl (C=O) groups excluding carboxylic acids is 2. The van der Waals surface area contributed by atoms with E-state index in [1.807, 2.05) is 0 Å². The van der Waals surface area contributed by atoms with Crippen molar-refractivity contribution in [1.29, 1.82) is 0 Å². The van der Waals surface area contributed by atoms with Crippen molar-refractivity contribution < 1.29 is 14.0 Å². The number of carbonyl (C=O) groups is 2. The molecule has 1 aliphatic rings. The zero-order valence-electron chi connectivity index (χ0n) is 12.4. The summed E-state index contributed by atoms with van der Waals surface area (Å²) in [4.78, 5) is 22.5. The minimum Gasteiger partial charge on any atom is -0.413 e. The van der Waals surface area contributed by atoms with E-state index in [-0.39, 0.29) is 22.8 Å². The van der Waals surface area contributed by atoms with E-state index < -0.39 is 8.32 Å². The zero-order valence-corrected chi connectivity index (χ0v) is 13.4. The van der Waals surface area contributed by atoms with Gasteiger partial charge in [0.25, 0.3) is 0 Å². The Morgan fingerprint density at radius 3 is 2.33 bits per heavy atom. The van der Waals surface area contributed by atoms with Crippen molar-refractivity contribution >= 4 is 20.4 Å². The van der Waals surface area contributed by atoms with Crippen molar-refractivity contribution in [2.24, 2.45) is 11.8 Å². The molecule has 0 unspecified atom stereocenters. The Balaban J connectivity index is 2.82. The van der Waals surface area contributed by atoms with E-state index in [2.05, 4.69) is 40.8 Å². The second-order valence-corrected chi connectivity index (χ2v) is 11.3. The Morgan fingerprint density at radius 1 is 1.33 bits per heavy atom. The molecule has 0 bridgehead atoms. The smallest absolute Gasteiger partial charge is 0.192 e. The van der Waals surface area contributed by atoms with Gasteiger partial charge in [-0.1, -0.05) is 27.7 Å². The molecule has 0 radical (unpaired) electrons. The molecule has 0 N–H and O–H groups in total. The van der Waals surface area contributed by atoms with Crippen LogP contribution in [-0.2, 0) is 14.0 Å². The largest absolute Gasteiger partial charge is 0.413 e. The van der Waals surface area contributed by atoms with Gasteiger partial charge in [0.05, 0.1) is 6.10 Å². The van der Waals surface area contributed by atoms with Gasteiger partial charge in [-0.05, 0) is 24.1 Å². The highest BCUT2D eigenvalue weighted by Crippen LogP contribution is 2.46. The van der Waals surface area contributed by atoms with Crippen LogP contribution in [-0.4, -0.2) is 26.5 Å². The summed E-state index contributed by atoms with van der Waals surface area (Å²) in [5, 5.41) is 0.117. The lowest BCUT2D eigenvalue weighted by Gasteiger charge is -2.44. The van der Waals surface area contributed by atoms with Gasteiger partial charge in [-0.25, -0.2) is 0 Å². The van der Waals surface area contributed by atoms with E-state index in [9.17, 15) is 9.59 Å². The maximum absolute atomic E-state index is 11.5. The van der Waals surface area contributed by atoms with Gasteiger partial charge in [-0.3, -0.25) is 4.79 Å². The van der Waals surface area contributed by atoms with E-state index in [0.29, 0.717) is 18.8 Å². The van der Waals surface area contributed by atoms with Crippen molar-refractivity contribution in [2.45, 2.75) is 64.8 Å². The first-order chi connectivity index (χ1) is 8.11. The van der Waals surface area contributed by atoms with Gasteiger partial charge in [-0.2, -0.15) is 0 Å². The minimum atomic E-state index is -1.96. The summed E-state index contributed by atoms with van der Waals surface area (Å²) in [7, 11) is -1.96. The average Bonchev–Trinajstić information content (AvgIpc) is 2.57. The summed E-state index contributed by atoms with van der Waals surface area (Å²) in [6.07, 6.45) is 1.48. The van der Waals surface area contributed by atoms with Gasteiger partial charge in [0.15, 0.2) is 8.32 Å². The molecule has 1 aliphatic carbocycles. The van der Waals surface area contributed by atoms with Crippen LogP contribution in [0, 0.1) is 11.8 Å². The molecule has 0 aliphatic heterocycles.